The number of hydrogen-bond acceptors (Lipinski definition) is 4. The molecule has 18 heavy (non-hydrogen) atoms. The van der Waals surface area contributed by atoms with Gasteiger partial charge in [-0.1, -0.05) is 0 Å². The summed E-state index contributed by atoms with van der Waals surface area (Å²) in [7, 11) is 0. The molecule has 0 aromatic rings. The Morgan fingerprint density at radius 2 is 2.22 bits per heavy atom. The molecular formula is C11H16N2O4S. The number of carboxylic acid groups (broad SMARTS) is 1. The van der Waals surface area contributed by atoms with Gasteiger partial charge in [-0.15, -0.1) is 11.8 Å². The largest absolute Gasteiger partial charge is 0.481 e. The van der Waals surface area contributed by atoms with Crippen molar-refractivity contribution in [3.05, 3.63) is 0 Å². The maximum atomic E-state index is 12.0. The summed E-state index contributed by atoms with van der Waals surface area (Å²) in [4.78, 5) is 35.7. The van der Waals surface area contributed by atoms with Crippen molar-refractivity contribution in [2.75, 3.05) is 24.6 Å². The van der Waals surface area contributed by atoms with Gasteiger partial charge in [0.15, 0.2) is 0 Å². The number of carboxylic acids is 1. The normalized spacial score (nSPS) is 26.7. The van der Waals surface area contributed by atoms with Crippen LogP contribution in [0.4, 0.5) is 0 Å². The molecule has 0 aliphatic carbocycles. The summed E-state index contributed by atoms with van der Waals surface area (Å²) in [5, 5.41) is 11.3. The van der Waals surface area contributed by atoms with Gasteiger partial charge in [0.05, 0.1) is 23.5 Å². The molecule has 2 rings (SSSR count). The Hall–Kier alpha value is -1.24. The first kappa shape index (κ1) is 13.2. The van der Waals surface area contributed by atoms with E-state index < -0.39 is 5.97 Å². The Kier molecular flexibility index (Phi) is 4.11. The van der Waals surface area contributed by atoms with E-state index in [0.717, 1.165) is 24.6 Å². The molecule has 0 spiro atoms. The predicted molar refractivity (Wildman–Crippen MR) is 66.2 cm³/mol. The van der Waals surface area contributed by atoms with E-state index in [0.29, 0.717) is 13.1 Å². The molecule has 2 aliphatic heterocycles. The van der Waals surface area contributed by atoms with Gasteiger partial charge in [-0.2, -0.15) is 0 Å². The summed E-state index contributed by atoms with van der Waals surface area (Å²) in [6.07, 6.45) is 1.67. The predicted octanol–water partition coefficient (Wildman–Crippen LogP) is -0.459. The monoisotopic (exact) mass is 272 g/mol. The fraction of sp³-hybridized carbons (Fsp3) is 0.727. The van der Waals surface area contributed by atoms with Crippen LogP contribution in [0.2, 0.25) is 0 Å². The number of aliphatic carboxylic acids is 1. The highest BCUT2D eigenvalue weighted by Crippen LogP contribution is 2.27. The molecule has 100 valence electrons. The third kappa shape index (κ3) is 2.77. The Labute approximate surface area is 109 Å². The van der Waals surface area contributed by atoms with E-state index in [9.17, 15) is 14.4 Å². The van der Waals surface area contributed by atoms with Crippen molar-refractivity contribution in [2.45, 2.75) is 18.9 Å². The van der Waals surface area contributed by atoms with Crippen molar-refractivity contribution in [2.24, 2.45) is 5.92 Å². The van der Waals surface area contributed by atoms with E-state index in [1.54, 1.807) is 4.90 Å². The quantitative estimate of drug-likeness (QED) is 0.723. The summed E-state index contributed by atoms with van der Waals surface area (Å²) in [6.45, 7) is 1.20. The highest BCUT2D eigenvalue weighted by Gasteiger charge is 2.42. The van der Waals surface area contributed by atoms with Gasteiger partial charge < -0.3 is 15.3 Å². The van der Waals surface area contributed by atoms with Crippen molar-refractivity contribution in [3.8, 4) is 0 Å². The highest BCUT2D eigenvalue weighted by atomic mass is 32.2. The first-order valence-electron chi connectivity index (χ1n) is 5.96. The average Bonchev–Trinajstić information content (AvgIpc) is 2.71. The van der Waals surface area contributed by atoms with Crippen LogP contribution in [0.15, 0.2) is 0 Å². The molecule has 2 atom stereocenters. The highest BCUT2D eigenvalue weighted by molar-refractivity contribution is 8.00. The van der Waals surface area contributed by atoms with Crippen LogP contribution in [0.5, 0.6) is 0 Å². The van der Waals surface area contributed by atoms with E-state index in [-0.39, 0.29) is 35.3 Å². The van der Waals surface area contributed by atoms with Crippen LogP contribution >= 0.6 is 11.8 Å². The van der Waals surface area contributed by atoms with Crippen molar-refractivity contribution in [1.82, 2.24) is 10.2 Å². The van der Waals surface area contributed by atoms with Gasteiger partial charge in [0.2, 0.25) is 11.8 Å². The number of piperidine rings is 1. The summed E-state index contributed by atoms with van der Waals surface area (Å²) >= 11 is 1.10. The second-order valence-corrected chi connectivity index (χ2v) is 5.52. The lowest BCUT2D eigenvalue weighted by molar-refractivity contribution is -0.134. The minimum Gasteiger partial charge on any atom is -0.481 e. The molecule has 6 nitrogen and oxygen atoms in total. The molecule has 2 amide bonds. The molecule has 2 aliphatic rings. The maximum absolute atomic E-state index is 12.0. The second kappa shape index (κ2) is 5.60. The zero-order valence-electron chi connectivity index (χ0n) is 9.92. The van der Waals surface area contributed by atoms with E-state index in [4.69, 9.17) is 5.11 Å². The van der Waals surface area contributed by atoms with Crippen LogP contribution in [0.25, 0.3) is 0 Å². The van der Waals surface area contributed by atoms with Crippen LogP contribution in [0.3, 0.4) is 0 Å². The van der Waals surface area contributed by atoms with E-state index in [1.807, 2.05) is 0 Å². The molecule has 0 radical (unpaired) electrons. The lowest BCUT2D eigenvalue weighted by atomic mass is 9.91. The number of likely N-dealkylation sites (tertiary alicyclic amines) is 1. The van der Waals surface area contributed by atoms with Crippen molar-refractivity contribution >= 4 is 29.5 Å². The fourth-order valence-electron chi connectivity index (χ4n) is 2.57. The first-order valence-corrected chi connectivity index (χ1v) is 7.12. The minimum atomic E-state index is -0.915. The smallest absolute Gasteiger partial charge is 0.313 e. The Bertz CT molecular complexity index is 374. The number of carbonyl (C=O) groups is 3. The van der Waals surface area contributed by atoms with Gasteiger partial charge in [-0.3, -0.25) is 14.4 Å². The number of carbonyl (C=O) groups excluding carboxylic acids is 2. The second-order valence-electron chi connectivity index (χ2n) is 4.53. The molecule has 0 aromatic heterocycles. The Balaban J connectivity index is 1.89. The molecule has 2 heterocycles. The summed E-state index contributed by atoms with van der Waals surface area (Å²) in [5.41, 5.74) is 0. The van der Waals surface area contributed by atoms with Crippen LogP contribution in [0.1, 0.15) is 12.8 Å². The van der Waals surface area contributed by atoms with E-state index in [1.165, 1.54) is 0 Å². The number of amides is 2. The summed E-state index contributed by atoms with van der Waals surface area (Å²) in [5.74, 6) is -0.911. The molecular weight excluding hydrogens is 256 g/mol. The number of rotatable bonds is 4. The van der Waals surface area contributed by atoms with Crippen LogP contribution in [-0.2, 0) is 14.4 Å². The molecule has 2 saturated heterocycles. The molecule has 2 N–H and O–H groups in total. The summed E-state index contributed by atoms with van der Waals surface area (Å²) in [6, 6.07) is -0.0378. The number of fused-ring (bicyclic) bond motifs is 1. The van der Waals surface area contributed by atoms with Crippen LogP contribution in [-0.4, -0.2) is 58.4 Å². The number of thioether (sulfide) groups is 1. The van der Waals surface area contributed by atoms with Gasteiger partial charge in [0.1, 0.15) is 0 Å². The fourth-order valence-corrected chi connectivity index (χ4v) is 3.19. The Morgan fingerprint density at radius 1 is 1.44 bits per heavy atom. The van der Waals surface area contributed by atoms with Crippen molar-refractivity contribution in [3.63, 3.8) is 0 Å². The molecule has 0 saturated carbocycles. The van der Waals surface area contributed by atoms with Crippen molar-refractivity contribution in [1.29, 1.82) is 0 Å². The number of nitrogens with one attached hydrogen (secondary N) is 1. The van der Waals surface area contributed by atoms with Gasteiger partial charge in [0, 0.05) is 13.1 Å². The van der Waals surface area contributed by atoms with Gasteiger partial charge in [-0.05, 0) is 12.8 Å². The lowest BCUT2D eigenvalue weighted by Gasteiger charge is -2.35. The molecule has 2 fully saturated rings. The number of hydrogen-bond donors (Lipinski definition) is 2. The molecule has 2 unspecified atom stereocenters. The number of nitrogens with zero attached hydrogens (tertiary/aromatic N) is 1. The average molecular weight is 272 g/mol. The molecule has 0 bridgehead atoms. The standard InChI is InChI=1S/C11H16N2O4S/c14-9(5-18-6-10(15)16)13-3-1-2-7-8(13)4-12-11(7)17/h7-8H,1-6H2,(H,12,17)(H,15,16). The van der Waals surface area contributed by atoms with Gasteiger partial charge >= 0.3 is 5.97 Å². The van der Waals surface area contributed by atoms with Crippen molar-refractivity contribution < 1.29 is 19.5 Å². The Morgan fingerprint density at radius 3 is 2.94 bits per heavy atom. The first-order chi connectivity index (χ1) is 8.59. The topological polar surface area (TPSA) is 86.7 Å². The van der Waals surface area contributed by atoms with Crippen LogP contribution < -0.4 is 5.32 Å². The lowest BCUT2D eigenvalue weighted by Crippen LogP contribution is -2.49. The maximum Gasteiger partial charge on any atom is 0.313 e. The zero-order valence-corrected chi connectivity index (χ0v) is 10.7. The van der Waals surface area contributed by atoms with Crippen LogP contribution in [0, 0.1) is 5.92 Å². The van der Waals surface area contributed by atoms with Gasteiger partial charge in [-0.25, -0.2) is 0 Å². The third-order valence-electron chi connectivity index (χ3n) is 3.37. The van der Waals surface area contributed by atoms with E-state index >= 15 is 0 Å². The van der Waals surface area contributed by atoms with Gasteiger partial charge in [0.25, 0.3) is 0 Å². The third-order valence-corrected chi connectivity index (χ3v) is 4.27. The summed E-state index contributed by atoms with van der Waals surface area (Å²) < 4.78 is 0. The molecule has 0 aromatic carbocycles. The SMILES string of the molecule is O=C(O)CSCC(=O)N1CCCC2C(=O)NCC21. The van der Waals surface area contributed by atoms with E-state index in [2.05, 4.69) is 5.32 Å². The zero-order chi connectivity index (χ0) is 13.1. The molecule has 7 heteroatoms. The minimum absolute atomic E-state index is 0.0377.